The third-order valence-electron chi connectivity index (χ3n) is 2.10. The molecule has 2 N–H and O–H groups in total. The van der Waals surface area contributed by atoms with Crippen molar-refractivity contribution in [2.45, 2.75) is 13.5 Å². The number of nitrogens with zero attached hydrogens (tertiary/aromatic N) is 1. The van der Waals surface area contributed by atoms with Crippen LogP contribution in [0.1, 0.15) is 12.5 Å². The molecular formula is C13H13N3O2S. The molecule has 1 rings (SSSR count). The summed E-state index contributed by atoms with van der Waals surface area (Å²) < 4.78 is 5.19. The Bertz CT molecular complexity index is 547. The third kappa shape index (κ3) is 4.85. The summed E-state index contributed by atoms with van der Waals surface area (Å²) in [6, 6.07) is 11.1. The van der Waals surface area contributed by atoms with Crippen LogP contribution in [-0.4, -0.2) is 11.8 Å². The van der Waals surface area contributed by atoms with Crippen molar-refractivity contribution in [1.29, 1.82) is 10.7 Å². The van der Waals surface area contributed by atoms with Gasteiger partial charge in [-0.05, 0) is 5.56 Å². The zero-order valence-corrected chi connectivity index (χ0v) is 11.2. The summed E-state index contributed by atoms with van der Waals surface area (Å²) in [6.45, 7) is 1.46. The van der Waals surface area contributed by atoms with E-state index >= 15 is 0 Å². The minimum absolute atomic E-state index is 0.00746. The van der Waals surface area contributed by atoms with Crippen LogP contribution in [0.2, 0.25) is 0 Å². The van der Waals surface area contributed by atoms with Crippen LogP contribution in [0.25, 0.3) is 0 Å². The van der Waals surface area contributed by atoms with Crippen molar-refractivity contribution in [3.8, 4) is 6.07 Å². The molecule has 0 atom stereocenters. The summed E-state index contributed by atoms with van der Waals surface area (Å²) in [4.78, 5) is 10.9. The molecule has 0 fully saturated rings. The van der Waals surface area contributed by atoms with E-state index in [4.69, 9.17) is 15.4 Å². The van der Waals surface area contributed by atoms with Crippen LogP contribution in [-0.2, 0) is 16.1 Å². The predicted octanol–water partition coefficient (Wildman–Crippen LogP) is 1.98. The van der Waals surface area contributed by atoms with Crippen LogP contribution >= 0.6 is 12.6 Å². The SMILES string of the molecule is CC(=O)N/C(S)=C(\C#N)C(=N)OCc1ccccc1. The van der Waals surface area contributed by atoms with Gasteiger partial charge in [0, 0.05) is 6.92 Å². The average molecular weight is 275 g/mol. The van der Waals surface area contributed by atoms with Gasteiger partial charge in [-0.25, -0.2) is 0 Å². The summed E-state index contributed by atoms with van der Waals surface area (Å²) in [5, 5.41) is 19.0. The van der Waals surface area contributed by atoms with Gasteiger partial charge in [0.15, 0.2) is 0 Å². The van der Waals surface area contributed by atoms with Crippen LogP contribution in [0, 0.1) is 16.7 Å². The molecule has 0 aromatic heterocycles. The van der Waals surface area contributed by atoms with Gasteiger partial charge in [0.05, 0.1) is 5.03 Å². The molecule has 0 radical (unpaired) electrons. The van der Waals surface area contributed by atoms with E-state index in [1.165, 1.54) is 6.92 Å². The number of hydrogen-bond donors (Lipinski definition) is 3. The molecule has 0 saturated carbocycles. The van der Waals surface area contributed by atoms with Crippen LogP contribution in [0.3, 0.4) is 0 Å². The van der Waals surface area contributed by atoms with Crippen molar-refractivity contribution >= 4 is 24.4 Å². The van der Waals surface area contributed by atoms with Gasteiger partial charge in [-0.2, -0.15) is 5.26 Å². The lowest BCUT2D eigenvalue weighted by Crippen LogP contribution is -2.20. The zero-order valence-electron chi connectivity index (χ0n) is 10.3. The van der Waals surface area contributed by atoms with E-state index < -0.39 is 0 Å². The highest BCUT2D eigenvalue weighted by atomic mass is 32.1. The van der Waals surface area contributed by atoms with Crippen molar-refractivity contribution in [1.82, 2.24) is 5.32 Å². The number of nitriles is 1. The van der Waals surface area contributed by atoms with Gasteiger partial charge in [-0.1, -0.05) is 30.3 Å². The van der Waals surface area contributed by atoms with Crippen LogP contribution in [0.15, 0.2) is 40.9 Å². The number of rotatable bonds is 4. The fourth-order valence-corrected chi connectivity index (χ4v) is 1.55. The summed E-state index contributed by atoms with van der Waals surface area (Å²) in [6.07, 6.45) is 0. The van der Waals surface area contributed by atoms with Crippen molar-refractivity contribution in [2.75, 3.05) is 0 Å². The molecular weight excluding hydrogens is 262 g/mol. The Morgan fingerprint density at radius 2 is 2.11 bits per heavy atom. The number of carbonyl (C=O) groups is 1. The Balaban J connectivity index is 2.71. The molecule has 6 heteroatoms. The molecule has 1 amide bonds. The van der Waals surface area contributed by atoms with Gasteiger partial charge in [-0.15, -0.1) is 12.6 Å². The summed E-state index contributed by atoms with van der Waals surface area (Å²) in [5.41, 5.74) is 0.763. The molecule has 1 aromatic rings. The molecule has 0 aliphatic rings. The molecule has 19 heavy (non-hydrogen) atoms. The molecule has 0 bridgehead atoms. The Morgan fingerprint density at radius 1 is 1.47 bits per heavy atom. The number of benzene rings is 1. The fraction of sp³-hybridized carbons (Fsp3) is 0.154. The first kappa shape index (κ1) is 14.8. The van der Waals surface area contributed by atoms with Gasteiger partial charge in [0.25, 0.3) is 0 Å². The average Bonchev–Trinajstić information content (AvgIpc) is 2.37. The third-order valence-corrected chi connectivity index (χ3v) is 2.43. The number of thiol groups is 1. The smallest absolute Gasteiger partial charge is 0.227 e. The van der Waals surface area contributed by atoms with E-state index in [2.05, 4.69) is 17.9 Å². The highest BCUT2D eigenvalue weighted by molar-refractivity contribution is 7.84. The highest BCUT2D eigenvalue weighted by Gasteiger charge is 2.12. The first-order chi connectivity index (χ1) is 9.04. The van der Waals surface area contributed by atoms with Gasteiger partial charge in [0.2, 0.25) is 11.8 Å². The maximum atomic E-state index is 10.9. The predicted molar refractivity (Wildman–Crippen MR) is 74.4 cm³/mol. The van der Waals surface area contributed by atoms with E-state index in [9.17, 15) is 4.79 Å². The molecule has 0 heterocycles. The molecule has 0 spiro atoms. The second kappa shape index (κ2) is 7.24. The number of nitrogens with one attached hydrogen (secondary N) is 2. The number of amides is 1. The molecule has 0 aliphatic carbocycles. The second-order valence-electron chi connectivity index (χ2n) is 3.62. The van der Waals surface area contributed by atoms with Gasteiger partial charge in [0.1, 0.15) is 18.2 Å². The van der Waals surface area contributed by atoms with Gasteiger partial charge in [-0.3, -0.25) is 10.2 Å². The molecule has 0 saturated heterocycles. The van der Waals surface area contributed by atoms with Crippen molar-refractivity contribution in [3.63, 3.8) is 0 Å². The van der Waals surface area contributed by atoms with Crippen LogP contribution < -0.4 is 5.32 Å². The topological polar surface area (TPSA) is 86.0 Å². The van der Waals surface area contributed by atoms with E-state index in [-0.39, 0.29) is 29.0 Å². The molecule has 0 unspecified atom stereocenters. The normalized spacial score (nSPS) is 11.0. The van der Waals surface area contributed by atoms with Gasteiger partial charge >= 0.3 is 0 Å². The van der Waals surface area contributed by atoms with E-state index in [1.807, 2.05) is 30.3 Å². The Morgan fingerprint density at radius 3 is 2.63 bits per heavy atom. The van der Waals surface area contributed by atoms with E-state index in [1.54, 1.807) is 6.07 Å². The van der Waals surface area contributed by atoms with Crippen molar-refractivity contribution < 1.29 is 9.53 Å². The first-order valence-corrected chi connectivity index (χ1v) is 5.86. The molecule has 98 valence electrons. The van der Waals surface area contributed by atoms with Crippen LogP contribution in [0.4, 0.5) is 0 Å². The quantitative estimate of drug-likeness (QED) is 0.340. The fourth-order valence-electron chi connectivity index (χ4n) is 1.24. The van der Waals surface area contributed by atoms with E-state index in [0.717, 1.165) is 5.56 Å². The Labute approximate surface area is 116 Å². The minimum atomic E-state index is -0.367. The number of ether oxygens (including phenoxy) is 1. The lowest BCUT2D eigenvalue weighted by molar-refractivity contribution is -0.118. The monoisotopic (exact) mass is 275 g/mol. The van der Waals surface area contributed by atoms with Crippen molar-refractivity contribution in [3.05, 3.63) is 46.5 Å². The molecule has 0 aliphatic heterocycles. The maximum absolute atomic E-state index is 10.9. The first-order valence-electron chi connectivity index (χ1n) is 5.41. The molecule has 1 aromatic carbocycles. The van der Waals surface area contributed by atoms with Gasteiger partial charge < -0.3 is 10.1 Å². The summed E-state index contributed by atoms with van der Waals surface area (Å²) in [7, 11) is 0. The van der Waals surface area contributed by atoms with E-state index in [0.29, 0.717) is 0 Å². The Hall–Kier alpha value is -2.26. The zero-order chi connectivity index (χ0) is 14.3. The summed E-state index contributed by atoms with van der Waals surface area (Å²) in [5.74, 6) is -0.696. The largest absolute Gasteiger partial charge is 0.472 e. The minimum Gasteiger partial charge on any atom is -0.472 e. The standard InChI is InChI=1S/C13H13N3O2S/c1-9(17)16-13(19)11(7-14)12(15)18-8-10-5-3-2-4-6-10/h2-6,15,19H,8H2,1H3,(H,16,17)/b13-11-,15-12?. The van der Waals surface area contributed by atoms with Crippen molar-refractivity contribution in [2.24, 2.45) is 0 Å². The maximum Gasteiger partial charge on any atom is 0.227 e. The molecule has 5 nitrogen and oxygen atoms in total. The highest BCUT2D eigenvalue weighted by Crippen LogP contribution is 2.09. The number of carbonyl (C=O) groups excluding carboxylic acids is 1. The second-order valence-corrected chi connectivity index (χ2v) is 4.07. The summed E-state index contributed by atoms with van der Waals surface area (Å²) >= 11 is 3.97. The number of hydrogen-bond acceptors (Lipinski definition) is 5. The lowest BCUT2D eigenvalue weighted by Gasteiger charge is -2.09. The lowest BCUT2D eigenvalue weighted by atomic mass is 10.2. The Kier molecular flexibility index (Phi) is 5.64. The van der Waals surface area contributed by atoms with Crippen LogP contribution in [0.5, 0.6) is 0 Å².